The summed E-state index contributed by atoms with van der Waals surface area (Å²) < 4.78 is 6.78. The summed E-state index contributed by atoms with van der Waals surface area (Å²) >= 11 is 0. The van der Waals surface area contributed by atoms with Crippen LogP contribution in [-0.4, -0.2) is 35.3 Å². The van der Waals surface area contributed by atoms with Gasteiger partial charge in [-0.25, -0.2) is 0 Å². The van der Waals surface area contributed by atoms with Crippen molar-refractivity contribution in [2.24, 2.45) is 5.92 Å². The molecule has 0 spiro atoms. The van der Waals surface area contributed by atoms with Gasteiger partial charge in [0.1, 0.15) is 23.3 Å². The van der Waals surface area contributed by atoms with Gasteiger partial charge < -0.3 is 19.9 Å². The molecule has 0 aliphatic rings. The topological polar surface area (TPSA) is 106 Å². The molecule has 0 radical (unpaired) electrons. The Morgan fingerprint density at radius 3 is 1.94 bits per heavy atom. The number of pyridine rings is 1. The highest BCUT2D eigenvalue weighted by Gasteiger charge is 2.28. The average molecular weight is 664 g/mol. The first-order valence-corrected chi connectivity index (χ1v) is 16.8. The number of aromatic nitrogens is 1. The van der Waals surface area contributed by atoms with Crippen LogP contribution in [0.4, 0.5) is 5.69 Å². The summed E-state index contributed by atoms with van der Waals surface area (Å²) in [4.78, 5) is 53.5. The summed E-state index contributed by atoms with van der Waals surface area (Å²) in [6, 6.07) is 23.8. The molecule has 1 heterocycles. The third-order valence-corrected chi connectivity index (χ3v) is 9.28. The Bertz CT molecular complexity index is 1820. The molecule has 2 amide bonds. The van der Waals surface area contributed by atoms with Gasteiger partial charge in [0.05, 0.1) is 19.6 Å². The standard InChI is InChI=1S/C41H49N3O5/c1-26(2)23-30-9-15-33(16-10-30)28(4)38(46)42-36(24-31-11-17-34(18-12-31)41(6,7)29(5)45)39(47)43-37-27(3)21-22-44(40(37)48)25-32-13-19-35(49-8)20-14-32/h9-22,26,28,36H,23-25H2,1-8H3,(H,42,46)(H,43,47)/t28-,36-/m0/s1. The number of Topliss-reactive ketones (excluding diaryl/α,β-unsaturated/α-hetero) is 1. The smallest absolute Gasteiger partial charge is 0.274 e. The maximum absolute atomic E-state index is 14.0. The van der Waals surface area contributed by atoms with E-state index >= 15 is 0 Å². The molecular weight excluding hydrogens is 614 g/mol. The lowest BCUT2D eigenvalue weighted by molar-refractivity contribution is -0.127. The van der Waals surface area contributed by atoms with Gasteiger partial charge in [0, 0.05) is 18.0 Å². The van der Waals surface area contributed by atoms with E-state index in [2.05, 4.69) is 24.5 Å². The number of nitrogens with zero attached hydrogens (tertiary/aromatic N) is 1. The summed E-state index contributed by atoms with van der Waals surface area (Å²) in [7, 11) is 1.60. The molecule has 0 bridgehead atoms. The van der Waals surface area contributed by atoms with Crippen molar-refractivity contribution in [3.05, 3.63) is 129 Å². The van der Waals surface area contributed by atoms with E-state index < -0.39 is 23.3 Å². The number of carbonyl (C=O) groups is 3. The first-order valence-electron chi connectivity index (χ1n) is 16.8. The first kappa shape index (κ1) is 36.8. The van der Waals surface area contributed by atoms with Gasteiger partial charge in [0.25, 0.3) is 5.56 Å². The van der Waals surface area contributed by atoms with Crippen molar-refractivity contribution in [2.45, 2.75) is 85.2 Å². The highest BCUT2D eigenvalue weighted by molar-refractivity contribution is 5.98. The number of nitrogens with one attached hydrogen (secondary N) is 2. The van der Waals surface area contributed by atoms with Gasteiger partial charge in [0.15, 0.2) is 0 Å². The van der Waals surface area contributed by atoms with E-state index in [1.54, 1.807) is 37.8 Å². The van der Waals surface area contributed by atoms with Crippen LogP contribution in [0.2, 0.25) is 0 Å². The number of carbonyl (C=O) groups excluding carboxylic acids is 3. The first-order chi connectivity index (χ1) is 23.2. The number of methoxy groups -OCH3 is 1. The Morgan fingerprint density at radius 2 is 1.37 bits per heavy atom. The van der Waals surface area contributed by atoms with Crippen LogP contribution < -0.4 is 20.9 Å². The van der Waals surface area contributed by atoms with Crippen LogP contribution in [0.5, 0.6) is 5.75 Å². The zero-order chi connectivity index (χ0) is 35.9. The van der Waals surface area contributed by atoms with Crippen molar-refractivity contribution in [3.63, 3.8) is 0 Å². The predicted molar refractivity (Wildman–Crippen MR) is 195 cm³/mol. The van der Waals surface area contributed by atoms with Gasteiger partial charge in [0.2, 0.25) is 11.8 Å². The molecule has 49 heavy (non-hydrogen) atoms. The number of hydrogen-bond acceptors (Lipinski definition) is 5. The van der Waals surface area contributed by atoms with Crippen molar-refractivity contribution >= 4 is 23.3 Å². The number of aryl methyl sites for hydroxylation is 1. The van der Waals surface area contributed by atoms with E-state index in [1.165, 1.54) is 5.56 Å². The summed E-state index contributed by atoms with van der Waals surface area (Å²) in [6.45, 7) is 13.5. The van der Waals surface area contributed by atoms with E-state index in [4.69, 9.17) is 4.74 Å². The molecule has 258 valence electrons. The zero-order valence-corrected chi connectivity index (χ0v) is 29.9. The summed E-state index contributed by atoms with van der Waals surface area (Å²) in [5, 5.41) is 5.82. The van der Waals surface area contributed by atoms with Crippen molar-refractivity contribution < 1.29 is 19.1 Å². The largest absolute Gasteiger partial charge is 0.497 e. The molecule has 1 aromatic heterocycles. The molecule has 0 aliphatic carbocycles. The second kappa shape index (κ2) is 15.9. The molecule has 8 heteroatoms. The van der Waals surface area contributed by atoms with Crippen LogP contribution >= 0.6 is 0 Å². The highest BCUT2D eigenvalue weighted by Crippen LogP contribution is 2.25. The van der Waals surface area contributed by atoms with E-state index in [9.17, 15) is 19.2 Å². The van der Waals surface area contributed by atoms with E-state index in [-0.39, 0.29) is 29.4 Å². The van der Waals surface area contributed by atoms with E-state index in [0.29, 0.717) is 18.0 Å². The molecule has 0 unspecified atom stereocenters. The van der Waals surface area contributed by atoms with E-state index in [1.807, 2.05) is 93.6 Å². The molecule has 2 atom stereocenters. The fourth-order valence-corrected chi connectivity index (χ4v) is 5.65. The monoisotopic (exact) mass is 663 g/mol. The van der Waals surface area contributed by atoms with Crippen LogP contribution in [0.1, 0.15) is 80.8 Å². The second-order valence-corrected chi connectivity index (χ2v) is 13.8. The lowest BCUT2D eigenvalue weighted by Gasteiger charge is -2.24. The Balaban J connectivity index is 1.60. The van der Waals surface area contributed by atoms with Gasteiger partial charge in [-0.2, -0.15) is 0 Å². The normalized spacial score (nSPS) is 12.7. The molecule has 4 aromatic rings. The van der Waals surface area contributed by atoms with E-state index in [0.717, 1.165) is 34.4 Å². The Kier molecular flexibility index (Phi) is 12.0. The van der Waals surface area contributed by atoms with Crippen molar-refractivity contribution in [3.8, 4) is 5.75 Å². The molecule has 0 saturated heterocycles. The molecular formula is C41H49N3O5. The lowest BCUT2D eigenvalue weighted by atomic mass is 9.81. The van der Waals surface area contributed by atoms with Crippen LogP contribution in [0.15, 0.2) is 89.9 Å². The second-order valence-electron chi connectivity index (χ2n) is 13.8. The van der Waals surface area contributed by atoms with Crippen LogP contribution in [0.25, 0.3) is 0 Å². The number of anilines is 1. The minimum Gasteiger partial charge on any atom is -0.497 e. The average Bonchev–Trinajstić information content (AvgIpc) is 3.07. The molecule has 3 aromatic carbocycles. The Hall–Kier alpha value is -4.98. The van der Waals surface area contributed by atoms with Gasteiger partial charge in [-0.05, 0) is 98.5 Å². The molecule has 0 fully saturated rings. The number of ketones is 1. The highest BCUT2D eigenvalue weighted by atomic mass is 16.5. The Morgan fingerprint density at radius 1 is 0.796 bits per heavy atom. The minimum atomic E-state index is -0.976. The number of benzene rings is 3. The third kappa shape index (κ3) is 9.34. The number of amides is 2. The fourth-order valence-electron chi connectivity index (χ4n) is 5.65. The maximum atomic E-state index is 14.0. The van der Waals surface area contributed by atoms with Crippen molar-refractivity contribution in [2.75, 3.05) is 12.4 Å². The fraction of sp³-hybridized carbons (Fsp3) is 0.366. The zero-order valence-electron chi connectivity index (χ0n) is 29.9. The van der Waals surface area contributed by atoms with Crippen molar-refractivity contribution in [1.29, 1.82) is 0 Å². The minimum absolute atomic E-state index is 0.0480. The van der Waals surface area contributed by atoms with Gasteiger partial charge >= 0.3 is 0 Å². The summed E-state index contributed by atoms with van der Waals surface area (Å²) in [5.41, 5.74) is 4.39. The molecule has 0 aliphatic heterocycles. The molecule has 8 nitrogen and oxygen atoms in total. The predicted octanol–water partition coefficient (Wildman–Crippen LogP) is 6.75. The van der Waals surface area contributed by atoms with Gasteiger partial charge in [-0.3, -0.25) is 19.2 Å². The summed E-state index contributed by atoms with van der Waals surface area (Å²) in [5.74, 6) is -0.0191. The quantitative estimate of drug-likeness (QED) is 0.155. The molecule has 0 saturated carbocycles. The Labute approximate surface area is 289 Å². The third-order valence-electron chi connectivity index (χ3n) is 9.28. The van der Waals surface area contributed by atoms with Crippen LogP contribution in [-0.2, 0) is 39.2 Å². The molecule has 2 N–H and O–H groups in total. The van der Waals surface area contributed by atoms with Crippen LogP contribution in [0.3, 0.4) is 0 Å². The summed E-state index contributed by atoms with van der Waals surface area (Å²) in [6.07, 6.45) is 2.84. The van der Waals surface area contributed by atoms with Gasteiger partial charge in [-0.1, -0.05) is 74.5 Å². The maximum Gasteiger partial charge on any atom is 0.274 e. The van der Waals surface area contributed by atoms with Gasteiger partial charge in [-0.15, -0.1) is 0 Å². The number of hydrogen-bond donors (Lipinski definition) is 2. The molecule has 4 rings (SSSR count). The number of ether oxygens (including phenoxy) is 1. The van der Waals surface area contributed by atoms with Crippen LogP contribution in [0, 0.1) is 12.8 Å². The van der Waals surface area contributed by atoms with Crippen molar-refractivity contribution in [1.82, 2.24) is 9.88 Å². The number of rotatable bonds is 14. The SMILES string of the molecule is COc1ccc(Cn2ccc(C)c(NC(=O)[C@H](Cc3ccc(C(C)(C)C(C)=O)cc3)NC(=O)[C@@H](C)c3ccc(CC(C)C)cc3)c2=O)cc1. The lowest BCUT2D eigenvalue weighted by Crippen LogP contribution is -2.47.